The predicted octanol–water partition coefficient (Wildman–Crippen LogP) is 4.21. The molecule has 2 aliphatic rings. The largest absolute Gasteiger partial charge is 0.272 e. The molecule has 4 rings (SSSR count). The number of fused-ring (bicyclic) bond motifs is 1. The quantitative estimate of drug-likeness (QED) is 0.755. The van der Waals surface area contributed by atoms with Gasteiger partial charge < -0.3 is 0 Å². The van der Waals surface area contributed by atoms with Gasteiger partial charge in [-0.3, -0.25) is 9.79 Å². The lowest BCUT2D eigenvalue weighted by molar-refractivity contribution is -0.131. The van der Waals surface area contributed by atoms with Gasteiger partial charge in [-0.15, -0.1) is 0 Å². The van der Waals surface area contributed by atoms with E-state index in [4.69, 9.17) is 5.26 Å². The van der Waals surface area contributed by atoms with Crippen molar-refractivity contribution in [1.82, 2.24) is 5.01 Å². The van der Waals surface area contributed by atoms with Gasteiger partial charge in [0, 0.05) is 11.6 Å². The molecule has 2 aromatic rings. The van der Waals surface area contributed by atoms with Crippen molar-refractivity contribution in [2.75, 3.05) is 0 Å². The molecule has 148 valence electrons. The molecule has 2 aromatic carbocycles. The zero-order chi connectivity index (χ0) is 21.3. The molecule has 0 aromatic heterocycles. The summed E-state index contributed by atoms with van der Waals surface area (Å²) in [6.45, 7) is 1.73. The summed E-state index contributed by atoms with van der Waals surface area (Å²) in [5, 5.41) is 14.6. The van der Waals surface area contributed by atoms with Crippen molar-refractivity contribution >= 4 is 22.9 Å². The number of allylic oxidation sites excluding steroid dienone is 3. The van der Waals surface area contributed by atoms with E-state index in [0.717, 1.165) is 11.6 Å². The van der Waals surface area contributed by atoms with Gasteiger partial charge in [-0.25, -0.2) is 13.8 Å². The Balaban J connectivity index is 1.81. The third-order valence-electron chi connectivity index (χ3n) is 4.80. The van der Waals surface area contributed by atoms with Gasteiger partial charge in [-0.2, -0.15) is 10.4 Å². The molecule has 2 heterocycles. The fourth-order valence-corrected chi connectivity index (χ4v) is 3.30. The van der Waals surface area contributed by atoms with E-state index in [2.05, 4.69) is 16.2 Å². The normalized spacial score (nSPS) is 18.5. The van der Waals surface area contributed by atoms with Crippen LogP contribution in [-0.2, 0) is 4.79 Å². The highest BCUT2D eigenvalue weighted by Crippen LogP contribution is 2.27. The third kappa shape index (κ3) is 3.80. The predicted molar refractivity (Wildman–Crippen MR) is 110 cm³/mol. The fraction of sp³-hybridized carbons (Fsp3) is 0.130. The highest BCUT2D eigenvalue weighted by Gasteiger charge is 2.30. The number of carbonyl (C=O) groups excluding carboxylic acids is 1. The number of hydrogen-bond donors (Lipinski definition) is 0. The molecule has 1 atom stereocenters. The number of halogens is 2. The summed E-state index contributed by atoms with van der Waals surface area (Å²) in [7, 11) is 0. The Morgan fingerprint density at radius 1 is 1.13 bits per heavy atom. The second kappa shape index (κ2) is 7.84. The smallest absolute Gasteiger partial charge is 0.251 e. The van der Waals surface area contributed by atoms with Crippen molar-refractivity contribution in [3.05, 3.63) is 89.0 Å². The van der Waals surface area contributed by atoms with Crippen LogP contribution in [0.5, 0.6) is 0 Å². The summed E-state index contributed by atoms with van der Waals surface area (Å²) in [6.07, 6.45) is 4.23. The monoisotopic (exact) mass is 402 g/mol. The summed E-state index contributed by atoms with van der Waals surface area (Å²) < 4.78 is 27.7. The molecule has 2 aliphatic heterocycles. The zero-order valence-electron chi connectivity index (χ0n) is 16.0. The van der Waals surface area contributed by atoms with Gasteiger partial charge in [-0.05, 0) is 54.5 Å². The van der Waals surface area contributed by atoms with Crippen molar-refractivity contribution in [2.45, 2.75) is 19.5 Å². The third-order valence-corrected chi connectivity index (χ3v) is 4.80. The Morgan fingerprint density at radius 3 is 2.60 bits per heavy atom. The lowest BCUT2D eigenvalue weighted by atomic mass is 10.00. The Labute approximate surface area is 172 Å². The van der Waals surface area contributed by atoms with E-state index in [-0.39, 0.29) is 17.9 Å². The molecule has 0 spiro atoms. The number of benzene rings is 2. The zero-order valence-corrected chi connectivity index (χ0v) is 16.0. The number of hydrogen-bond acceptors (Lipinski definition) is 4. The van der Waals surface area contributed by atoms with E-state index in [0.29, 0.717) is 22.6 Å². The van der Waals surface area contributed by atoms with Gasteiger partial charge >= 0.3 is 0 Å². The number of hydrazone groups is 1. The molecule has 0 saturated heterocycles. The van der Waals surface area contributed by atoms with Crippen molar-refractivity contribution < 1.29 is 13.6 Å². The Bertz CT molecular complexity index is 1190. The number of nitrogens with zero attached hydrogens (tertiary/aromatic N) is 4. The van der Waals surface area contributed by atoms with Gasteiger partial charge in [0.25, 0.3) is 5.91 Å². The van der Waals surface area contributed by atoms with Crippen molar-refractivity contribution in [2.24, 2.45) is 10.1 Å². The summed E-state index contributed by atoms with van der Waals surface area (Å²) >= 11 is 0. The molecule has 1 unspecified atom stereocenters. The van der Waals surface area contributed by atoms with Crippen LogP contribution >= 0.6 is 0 Å². The van der Waals surface area contributed by atoms with E-state index in [1.807, 2.05) is 0 Å². The van der Waals surface area contributed by atoms with Crippen LogP contribution < -0.4 is 0 Å². The number of amides is 1. The van der Waals surface area contributed by atoms with E-state index < -0.39 is 17.8 Å². The van der Waals surface area contributed by atoms with Crippen LogP contribution in [0.1, 0.15) is 30.0 Å². The second-order valence-corrected chi connectivity index (χ2v) is 6.91. The molecule has 0 aliphatic carbocycles. The van der Waals surface area contributed by atoms with Crippen LogP contribution in [-0.4, -0.2) is 28.5 Å². The standard InChI is InChI=1S/C23H16F2N4O/c1-14-2-5-17(19-9-8-18(24)11-20(19)25)10-22-27-21(12-23(30)29(22)28-14)16-6-3-15(13-26)4-7-16/h2-11,22H,12H2,1H3. The Morgan fingerprint density at radius 2 is 1.90 bits per heavy atom. The average molecular weight is 402 g/mol. The fourth-order valence-electron chi connectivity index (χ4n) is 3.30. The van der Waals surface area contributed by atoms with Crippen LogP contribution in [0.4, 0.5) is 8.78 Å². The molecule has 30 heavy (non-hydrogen) atoms. The van der Waals surface area contributed by atoms with E-state index >= 15 is 0 Å². The van der Waals surface area contributed by atoms with E-state index in [1.165, 1.54) is 17.1 Å². The summed E-state index contributed by atoms with van der Waals surface area (Å²) in [5.74, 6) is -1.62. The summed E-state index contributed by atoms with van der Waals surface area (Å²) in [6, 6.07) is 12.2. The number of carbonyl (C=O) groups is 1. The highest BCUT2D eigenvalue weighted by molar-refractivity contribution is 6.12. The van der Waals surface area contributed by atoms with Crippen LogP contribution in [0.3, 0.4) is 0 Å². The van der Waals surface area contributed by atoms with Gasteiger partial charge in [0.2, 0.25) is 0 Å². The maximum Gasteiger partial charge on any atom is 0.251 e. The first-order chi connectivity index (χ1) is 14.4. The molecule has 7 heteroatoms. The maximum absolute atomic E-state index is 14.4. The van der Waals surface area contributed by atoms with Crippen LogP contribution in [0, 0.1) is 23.0 Å². The first-order valence-corrected chi connectivity index (χ1v) is 9.24. The van der Waals surface area contributed by atoms with Crippen molar-refractivity contribution in [3.63, 3.8) is 0 Å². The topological polar surface area (TPSA) is 68.8 Å². The number of rotatable bonds is 2. The summed E-state index contributed by atoms with van der Waals surface area (Å²) in [5.41, 5.74) is 3.01. The molecule has 0 bridgehead atoms. The minimum atomic E-state index is -0.781. The maximum atomic E-state index is 14.4. The molecule has 0 radical (unpaired) electrons. The minimum absolute atomic E-state index is 0.0526. The Kier molecular flexibility index (Phi) is 5.07. The summed E-state index contributed by atoms with van der Waals surface area (Å²) in [4.78, 5) is 17.5. The lowest BCUT2D eigenvalue weighted by Gasteiger charge is -2.29. The molecule has 0 fully saturated rings. The average Bonchev–Trinajstić information content (AvgIpc) is 2.72. The molecule has 0 N–H and O–H groups in total. The van der Waals surface area contributed by atoms with Crippen LogP contribution in [0.2, 0.25) is 0 Å². The second-order valence-electron chi connectivity index (χ2n) is 6.91. The first-order valence-electron chi connectivity index (χ1n) is 9.24. The van der Waals surface area contributed by atoms with Gasteiger partial charge in [0.1, 0.15) is 11.6 Å². The molecule has 0 saturated carbocycles. The number of nitriles is 1. The van der Waals surface area contributed by atoms with Gasteiger partial charge in [0.15, 0.2) is 6.17 Å². The lowest BCUT2D eigenvalue weighted by Crippen LogP contribution is -2.41. The molecule has 1 amide bonds. The molecule has 5 nitrogen and oxygen atoms in total. The Hall–Kier alpha value is -3.92. The minimum Gasteiger partial charge on any atom is -0.272 e. The van der Waals surface area contributed by atoms with Crippen LogP contribution in [0.25, 0.3) is 5.57 Å². The van der Waals surface area contributed by atoms with Crippen molar-refractivity contribution in [1.29, 1.82) is 5.26 Å². The first kappa shape index (κ1) is 19.4. The molecular weight excluding hydrogens is 386 g/mol. The van der Waals surface area contributed by atoms with Crippen LogP contribution in [0.15, 0.2) is 70.8 Å². The van der Waals surface area contributed by atoms with Gasteiger partial charge in [0.05, 0.1) is 29.5 Å². The van der Waals surface area contributed by atoms with Crippen molar-refractivity contribution in [3.8, 4) is 6.07 Å². The SMILES string of the molecule is CC1=NN2C(=O)CC(c3ccc(C#N)cc3)=NC2C=C(c2ccc(F)cc2F)C=C1. The van der Waals surface area contributed by atoms with E-state index in [1.54, 1.807) is 49.4 Å². The highest BCUT2D eigenvalue weighted by atomic mass is 19.1. The van der Waals surface area contributed by atoms with E-state index in [9.17, 15) is 13.6 Å². The number of aliphatic imine (C=N–C) groups is 1. The molecular formula is C23H16F2N4O. The van der Waals surface area contributed by atoms with Gasteiger partial charge in [-0.1, -0.05) is 18.2 Å².